The highest BCUT2D eigenvalue weighted by atomic mass is 32.1. The summed E-state index contributed by atoms with van der Waals surface area (Å²) in [5.41, 5.74) is 5.69. The van der Waals surface area contributed by atoms with Gasteiger partial charge in [-0.15, -0.1) is 11.3 Å². The van der Waals surface area contributed by atoms with Crippen molar-refractivity contribution in [3.05, 3.63) is 46.5 Å². The second-order valence-electron chi connectivity index (χ2n) is 5.95. The van der Waals surface area contributed by atoms with Gasteiger partial charge in [0.1, 0.15) is 11.8 Å². The second kappa shape index (κ2) is 8.81. The Bertz CT molecular complexity index is 1010. The predicted octanol–water partition coefficient (Wildman–Crippen LogP) is 3.12. The number of rotatable bonds is 8. The number of primary amides is 1. The van der Waals surface area contributed by atoms with Gasteiger partial charge in [0, 0.05) is 5.69 Å². The van der Waals surface area contributed by atoms with Gasteiger partial charge in [0.25, 0.3) is 0 Å². The summed E-state index contributed by atoms with van der Waals surface area (Å²) in [6.45, 7) is 1.97. The van der Waals surface area contributed by atoms with E-state index < -0.39 is 11.9 Å². The molecule has 0 bridgehead atoms. The molecule has 0 fully saturated rings. The minimum atomic E-state index is -0.560. The molecule has 28 heavy (non-hydrogen) atoms. The molecular formula is C18H19N5O3S2. The van der Waals surface area contributed by atoms with Gasteiger partial charge in [-0.3, -0.25) is 19.3 Å². The van der Waals surface area contributed by atoms with Gasteiger partial charge in [0.05, 0.1) is 17.9 Å². The number of benzene rings is 1. The number of ether oxygens (including phenoxy) is 1. The molecule has 8 nitrogen and oxygen atoms in total. The van der Waals surface area contributed by atoms with Gasteiger partial charge in [0.2, 0.25) is 11.8 Å². The van der Waals surface area contributed by atoms with Gasteiger partial charge in [-0.1, -0.05) is 6.07 Å². The molecule has 1 aromatic carbocycles. The highest BCUT2D eigenvalue weighted by molar-refractivity contribution is 7.71. The first kappa shape index (κ1) is 19.8. The zero-order valence-electron chi connectivity index (χ0n) is 15.0. The van der Waals surface area contributed by atoms with Gasteiger partial charge in [-0.05, 0) is 54.9 Å². The van der Waals surface area contributed by atoms with E-state index in [9.17, 15) is 9.59 Å². The molecule has 3 rings (SSSR count). The summed E-state index contributed by atoms with van der Waals surface area (Å²) < 4.78 is 7.48. The van der Waals surface area contributed by atoms with Crippen molar-refractivity contribution in [3.63, 3.8) is 0 Å². The molecular weight excluding hydrogens is 398 g/mol. The first-order chi connectivity index (χ1) is 13.5. The third kappa shape index (κ3) is 4.65. The number of carbonyl (C=O) groups is 2. The third-order valence-electron chi connectivity index (χ3n) is 3.95. The molecule has 2 amide bonds. The molecule has 0 spiro atoms. The first-order valence-corrected chi connectivity index (χ1v) is 9.77. The Morgan fingerprint density at radius 1 is 1.36 bits per heavy atom. The number of carbonyl (C=O) groups excluding carboxylic acids is 2. The smallest absolute Gasteiger partial charge is 0.247 e. The summed E-state index contributed by atoms with van der Waals surface area (Å²) >= 11 is 6.83. The fourth-order valence-corrected chi connectivity index (χ4v) is 3.51. The number of nitrogens with two attached hydrogens (primary N) is 1. The van der Waals surface area contributed by atoms with Crippen LogP contribution in [0.15, 0.2) is 41.8 Å². The average Bonchev–Trinajstić information content (AvgIpc) is 3.31. The summed E-state index contributed by atoms with van der Waals surface area (Å²) in [5, 5.41) is 11.8. The van der Waals surface area contributed by atoms with Crippen LogP contribution in [0, 0.1) is 4.77 Å². The molecule has 2 heterocycles. The first-order valence-electron chi connectivity index (χ1n) is 8.48. The van der Waals surface area contributed by atoms with E-state index in [0.717, 1.165) is 4.88 Å². The van der Waals surface area contributed by atoms with E-state index >= 15 is 0 Å². The molecule has 2 aromatic heterocycles. The fourth-order valence-electron chi connectivity index (χ4n) is 2.51. The van der Waals surface area contributed by atoms with Gasteiger partial charge in [0.15, 0.2) is 10.6 Å². The number of hydrogen-bond acceptors (Lipinski definition) is 6. The lowest BCUT2D eigenvalue weighted by atomic mass is 10.2. The maximum absolute atomic E-state index is 12.7. The monoisotopic (exact) mass is 417 g/mol. The summed E-state index contributed by atoms with van der Waals surface area (Å²) in [6, 6.07) is 10.1. The van der Waals surface area contributed by atoms with E-state index in [2.05, 4.69) is 15.5 Å². The van der Waals surface area contributed by atoms with Crippen molar-refractivity contribution in [2.45, 2.75) is 19.4 Å². The van der Waals surface area contributed by atoms with E-state index in [1.54, 1.807) is 35.8 Å². The van der Waals surface area contributed by atoms with Crippen molar-refractivity contribution in [1.82, 2.24) is 14.8 Å². The van der Waals surface area contributed by atoms with Crippen molar-refractivity contribution in [2.75, 3.05) is 11.9 Å². The SMILES string of the molecule is CC(C(=O)Nc1ccc(OCCC(N)=O)cc1)n1c(-c2cccs2)n[nH]c1=S. The zero-order valence-corrected chi connectivity index (χ0v) is 16.7. The molecule has 0 aliphatic heterocycles. The van der Waals surface area contributed by atoms with Crippen LogP contribution in [0.5, 0.6) is 5.75 Å². The van der Waals surface area contributed by atoms with Crippen LogP contribution >= 0.6 is 23.6 Å². The van der Waals surface area contributed by atoms with Crippen LogP contribution in [0.2, 0.25) is 0 Å². The van der Waals surface area contributed by atoms with Crippen molar-refractivity contribution in [3.8, 4) is 16.5 Å². The van der Waals surface area contributed by atoms with Crippen LogP contribution in [0.1, 0.15) is 19.4 Å². The van der Waals surface area contributed by atoms with Gasteiger partial charge >= 0.3 is 0 Å². The average molecular weight is 418 g/mol. The van der Waals surface area contributed by atoms with Crippen LogP contribution in [-0.4, -0.2) is 33.2 Å². The standard InChI is InChI=1S/C18H19N5O3S2/c1-11(23-16(21-22-18(23)27)14-3-2-10-28-14)17(25)20-12-4-6-13(7-5-12)26-9-8-15(19)24/h2-7,10-11H,8-9H2,1H3,(H2,19,24)(H,20,25)(H,22,27). The highest BCUT2D eigenvalue weighted by Crippen LogP contribution is 2.26. The predicted molar refractivity (Wildman–Crippen MR) is 110 cm³/mol. The number of anilines is 1. The van der Waals surface area contributed by atoms with Crippen LogP contribution < -0.4 is 15.8 Å². The minimum absolute atomic E-state index is 0.147. The number of amides is 2. The maximum atomic E-state index is 12.7. The number of nitrogens with zero attached hydrogens (tertiary/aromatic N) is 2. The van der Waals surface area contributed by atoms with E-state index in [0.29, 0.717) is 22.0 Å². The highest BCUT2D eigenvalue weighted by Gasteiger charge is 2.21. The molecule has 3 aromatic rings. The van der Waals surface area contributed by atoms with Crippen molar-refractivity contribution < 1.29 is 14.3 Å². The summed E-state index contributed by atoms with van der Waals surface area (Å²) in [5.74, 6) is 0.570. The number of thiophene rings is 1. The largest absolute Gasteiger partial charge is 0.493 e. The lowest BCUT2D eigenvalue weighted by Gasteiger charge is -2.15. The molecule has 4 N–H and O–H groups in total. The Balaban J connectivity index is 1.68. The summed E-state index contributed by atoms with van der Waals surface area (Å²) in [4.78, 5) is 24.4. The zero-order chi connectivity index (χ0) is 20.1. The van der Waals surface area contributed by atoms with E-state index in [4.69, 9.17) is 22.7 Å². The molecule has 10 heteroatoms. The fraction of sp³-hybridized carbons (Fsp3) is 0.222. The number of aromatic nitrogens is 3. The molecule has 0 aliphatic rings. The number of aromatic amines is 1. The molecule has 0 saturated heterocycles. The normalized spacial score (nSPS) is 11.8. The minimum Gasteiger partial charge on any atom is -0.493 e. The van der Waals surface area contributed by atoms with Crippen LogP contribution in [0.3, 0.4) is 0 Å². The van der Waals surface area contributed by atoms with Crippen molar-refractivity contribution in [2.24, 2.45) is 5.73 Å². The Morgan fingerprint density at radius 2 is 2.11 bits per heavy atom. The van der Waals surface area contributed by atoms with Gasteiger partial charge < -0.3 is 15.8 Å². The molecule has 0 radical (unpaired) electrons. The number of hydrogen-bond donors (Lipinski definition) is 3. The maximum Gasteiger partial charge on any atom is 0.247 e. The lowest BCUT2D eigenvalue weighted by molar-refractivity contribution is -0.119. The molecule has 0 aliphatic carbocycles. The number of H-pyrrole nitrogens is 1. The van der Waals surface area contributed by atoms with Crippen molar-refractivity contribution in [1.29, 1.82) is 0 Å². The molecule has 0 saturated carbocycles. The quantitative estimate of drug-likeness (QED) is 0.487. The molecule has 1 atom stereocenters. The Kier molecular flexibility index (Phi) is 6.22. The van der Waals surface area contributed by atoms with Gasteiger partial charge in [-0.2, -0.15) is 5.10 Å². The second-order valence-corrected chi connectivity index (χ2v) is 7.29. The Hall–Kier alpha value is -2.98. The van der Waals surface area contributed by atoms with Gasteiger partial charge in [-0.25, -0.2) is 0 Å². The third-order valence-corrected chi connectivity index (χ3v) is 5.11. The topological polar surface area (TPSA) is 115 Å². The summed E-state index contributed by atoms with van der Waals surface area (Å²) in [7, 11) is 0. The van der Waals surface area contributed by atoms with Crippen LogP contribution in [0.4, 0.5) is 5.69 Å². The van der Waals surface area contributed by atoms with Crippen LogP contribution in [-0.2, 0) is 9.59 Å². The Labute approximate surface area is 170 Å². The molecule has 146 valence electrons. The Morgan fingerprint density at radius 3 is 2.75 bits per heavy atom. The molecule has 1 unspecified atom stereocenters. The van der Waals surface area contributed by atoms with E-state index in [-0.39, 0.29) is 18.9 Å². The number of nitrogens with one attached hydrogen (secondary N) is 2. The lowest BCUT2D eigenvalue weighted by Crippen LogP contribution is -2.24. The van der Waals surface area contributed by atoms with E-state index in [1.807, 2.05) is 17.5 Å². The van der Waals surface area contributed by atoms with Crippen molar-refractivity contribution >= 4 is 41.1 Å². The summed E-state index contributed by atoms with van der Waals surface area (Å²) in [6.07, 6.45) is 0.147. The van der Waals surface area contributed by atoms with E-state index in [1.165, 1.54) is 11.3 Å². The van der Waals surface area contributed by atoms with Crippen LogP contribution in [0.25, 0.3) is 10.7 Å².